The van der Waals surface area contributed by atoms with E-state index in [1.807, 2.05) is 36.4 Å². The molecule has 2 aliphatic heterocycles. The van der Waals surface area contributed by atoms with Gasteiger partial charge >= 0.3 is 6.18 Å². The fraction of sp³-hybridized carbons (Fsp3) is 0.429. The van der Waals surface area contributed by atoms with Gasteiger partial charge in [0.25, 0.3) is 0 Å². The van der Waals surface area contributed by atoms with E-state index in [9.17, 15) is 18.3 Å². The maximum Gasteiger partial charge on any atom is 0.415 e. The van der Waals surface area contributed by atoms with E-state index in [2.05, 4.69) is 25.5 Å². The van der Waals surface area contributed by atoms with Crippen LogP contribution in [-0.4, -0.2) is 85.3 Å². The number of hydrogen-bond donors (Lipinski definition) is 3. The molecule has 1 unspecified atom stereocenters. The smallest absolute Gasteiger partial charge is 0.415 e. The molecule has 0 amide bonds. The molecular weight excluding hydrogens is 561 g/mol. The van der Waals surface area contributed by atoms with Gasteiger partial charge in [-0.2, -0.15) is 18.2 Å². The van der Waals surface area contributed by atoms with Gasteiger partial charge in [0.05, 0.1) is 32.2 Å². The zero-order valence-corrected chi connectivity index (χ0v) is 23.3. The predicted octanol–water partition coefficient (Wildman–Crippen LogP) is 4.79. The summed E-state index contributed by atoms with van der Waals surface area (Å²) in [6.45, 7) is 3.42. The van der Waals surface area contributed by atoms with Crippen molar-refractivity contribution in [3.63, 3.8) is 0 Å². The van der Waals surface area contributed by atoms with Crippen LogP contribution in [0.2, 0.25) is 5.02 Å². The Morgan fingerprint density at radius 1 is 1.05 bits per heavy atom. The van der Waals surface area contributed by atoms with Crippen molar-refractivity contribution in [1.29, 1.82) is 0 Å². The van der Waals surface area contributed by atoms with Gasteiger partial charge in [0, 0.05) is 50.2 Å². The van der Waals surface area contributed by atoms with Crippen LogP contribution in [-0.2, 0) is 17.6 Å². The van der Waals surface area contributed by atoms with Crippen LogP contribution in [0.1, 0.15) is 11.1 Å². The quantitative estimate of drug-likeness (QED) is 0.341. The van der Waals surface area contributed by atoms with Crippen molar-refractivity contribution in [1.82, 2.24) is 14.9 Å². The first-order valence-electron chi connectivity index (χ1n) is 13.4. The van der Waals surface area contributed by atoms with Crippen molar-refractivity contribution < 1.29 is 27.8 Å². The van der Waals surface area contributed by atoms with Gasteiger partial charge in [-0.15, -0.1) is 0 Å². The maximum absolute atomic E-state index is 12.8. The number of fused-ring (bicyclic) bond motifs is 1. The van der Waals surface area contributed by atoms with Crippen molar-refractivity contribution in [3.05, 3.63) is 58.7 Å². The number of methoxy groups -OCH3 is 1. The van der Waals surface area contributed by atoms with Gasteiger partial charge in [0.1, 0.15) is 10.8 Å². The summed E-state index contributed by atoms with van der Waals surface area (Å²) in [4.78, 5) is 12.7. The highest BCUT2D eigenvalue weighted by atomic mass is 35.5. The lowest BCUT2D eigenvalue weighted by Crippen LogP contribution is -2.41. The lowest BCUT2D eigenvalue weighted by Gasteiger charge is -2.29. The predicted molar refractivity (Wildman–Crippen MR) is 152 cm³/mol. The monoisotopic (exact) mass is 592 g/mol. The van der Waals surface area contributed by atoms with Crippen molar-refractivity contribution in [2.75, 3.05) is 68.6 Å². The summed E-state index contributed by atoms with van der Waals surface area (Å²) >= 11 is 6.42. The summed E-state index contributed by atoms with van der Waals surface area (Å²) in [6, 6.07) is 11.7. The number of alkyl halides is 3. The van der Waals surface area contributed by atoms with Crippen molar-refractivity contribution >= 4 is 40.4 Å². The highest BCUT2D eigenvalue weighted by Gasteiger charge is 2.39. The number of nitrogens with zero attached hydrogens (tertiary/aromatic N) is 4. The third kappa shape index (κ3) is 7.31. The Balaban J connectivity index is 1.27. The second-order valence-electron chi connectivity index (χ2n) is 9.97. The van der Waals surface area contributed by atoms with Gasteiger partial charge in [-0.3, -0.25) is 4.90 Å². The topological polar surface area (TPSA) is 95.0 Å². The number of rotatable bonds is 8. The standard InChI is InChI=1S/C28H32ClF3N6O3/c1-40-24-15-21(38-10-12-41-13-11-38)4-5-23(24)35-26-22(29)16-33-27(36-26)34-20-3-2-18-6-8-37(9-7-19(18)14-20)17-25(39)28(30,31)32/h2-5,14-16,25,39H,6-13,17H2,1H3,(H2,33,34,35,36). The van der Waals surface area contributed by atoms with Crippen LogP contribution in [0.5, 0.6) is 5.75 Å². The zero-order chi connectivity index (χ0) is 29.0. The molecule has 1 fully saturated rings. The molecule has 3 aromatic rings. The number of benzene rings is 2. The van der Waals surface area contributed by atoms with E-state index in [1.54, 1.807) is 12.0 Å². The minimum absolute atomic E-state index is 0.323. The molecule has 0 bridgehead atoms. The van der Waals surface area contributed by atoms with Gasteiger partial charge in [0.2, 0.25) is 5.95 Å². The summed E-state index contributed by atoms with van der Waals surface area (Å²) in [7, 11) is 1.61. The summed E-state index contributed by atoms with van der Waals surface area (Å²) in [5.41, 5.74) is 4.56. The number of nitrogens with one attached hydrogen (secondary N) is 2. The Bertz CT molecular complexity index is 1360. The maximum atomic E-state index is 12.8. The molecule has 1 saturated heterocycles. The van der Waals surface area contributed by atoms with Crippen LogP contribution in [0.25, 0.3) is 0 Å². The lowest BCUT2D eigenvalue weighted by molar-refractivity contribution is -0.208. The first-order chi connectivity index (χ1) is 19.7. The second-order valence-corrected chi connectivity index (χ2v) is 10.4. The van der Waals surface area contributed by atoms with Gasteiger partial charge in [-0.25, -0.2) is 4.98 Å². The van der Waals surface area contributed by atoms with Crippen LogP contribution in [0.3, 0.4) is 0 Å². The van der Waals surface area contributed by atoms with E-state index in [0.29, 0.717) is 67.4 Å². The van der Waals surface area contributed by atoms with Crippen LogP contribution >= 0.6 is 11.6 Å². The van der Waals surface area contributed by atoms with Crippen LogP contribution < -0.4 is 20.3 Å². The Kier molecular flexibility index (Phi) is 9.03. The Labute approximate surface area is 241 Å². The summed E-state index contributed by atoms with van der Waals surface area (Å²) in [5, 5.41) is 16.2. The normalized spacial score (nSPS) is 17.0. The molecule has 2 aliphatic rings. The molecule has 0 radical (unpaired) electrons. The van der Waals surface area contributed by atoms with E-state index < -0.39 is 18.8 Å². The van der Waals surface area contributed by atoms with Crippen molar-refractivity contribution in [3.8, 4) is 5.75 Å². The third-order valence-electron chi connectivity index (χ3n) is 7.22. The van der Waals surface area contributed by atoms with E-state index >= 15 is 0 Å². The van der Waals surface area contributed by atoms with Gasteiger partial charge in [0.15, 0.2) is 11.9 Å². The first kappa shape index (κ1) is 29.2. The Morgan fingerprint density at radius 2 is 1.80 bits per heavy atom. The van der Waals surface area contributed by atoms with Crippen molar-refractivity contribution in [2.45, 2.75) is 25.1 Å². The van der Waals surface area contributed by atoms with Gasteiger partial charge < -0.3 is 30.1 Å². The summed E-state index contributed by atoms with van der Waals surface area (Å²) < 4.78 is 49.5. The molecule has 0 aliphatic carbocycles. The molecule has 9 nitrogen and oxygen atoms in total. The zero-order valence-electron chi connectivity index (χ0n) is 22.5. The van der Waals surface area contributed by atoms with Crippen molar-refractivity contribution in [2.24, 2.45) is 0 Å². The van der Waals surface area contributed by atoms with Gasteiger partial charge in [-0.1, -0.05) is 17.7 Å². The molecule has 0 spiro atoms. The Morgan fingerprint density at radius 3 is 2.54 bits per heavy atom. The number of morpholine rings is 1. The number of ether oxygens (including phenoxy) is 2. The fourth-order valence-corrected chi connectivity index (χ4v) is 5.09. The molecule has 1 atom stereocenters. The van der Waals surface area contributed by atoms with E-state index in [-0.39, 0.29) is 0 Å². The number of β-amino-alcohol motifs (C(OH)–C–C–N with tert-alkyl or cyclic N) is 1. The van der Waals surface area contributed by atoms with E-state index in [0.717, 1.165) is 35.6 Å². The molecule has 5 rings (SSSR count). The average Bonchev–Trinajstić information content (AvgIpc) is 3.17. The molecule has 0 saturated carbocycles. The number of aliphatic hydroxyl groups excluding tert-OH is 1. The number of hydrogen-bond acceptors (Lipinski definition) is 9. The van der Waals surface area contributed by atoms with Crippen LogP contribution in [0, 0.1) is 0 Å². The summed E-state index contributed by atoms with van der Waals surface area (Å²) in [6.07, 6.45) is -4.32. The van der Waals surface area contributed by atoms with Gasteiger partial charge in [-0.05, 0) is 48.2 Å². The molecule has 13 heteroatoms. The molecule has 3 heterocycles. The number of halogens is 4. The molecular formula is C28H32ClF3N6O3. The lowest BCUT2D eigenvalue weighted by atomic mass is 10.0. The molecule has 2 aromatic carbocycles. The van der Waals surface area contributed by atoms with Crippen LogP contribution in [0.4, 0.5) is 42.0 Å². The molecule has 1 aromatic heterocycles. The molecule has 41 heavy (non-hydrogen) atoms. The molecule has 220 valence electrons. The number of aliphatic hydroxyl groups is 1. The SMILES string of the molecule is COc1cc(N2CCOCC2)ccc1Nc1nc(Nc2ccc3c(c2)CCN(CC(O)C(F)(F)F)CC3)ncc1Cl. The number of aromatic nitrogens is 2. The van der Waals surface area contributed by atoms with Crippen LogP contribution in [0.15, 0.2) is 42.6 Å². The number of anilines is 5. The molecule has 3 N–H and O–H groups in total. The minimum Gasteiger partial charge on any atom is -0.494 e. The second kappa shape index (κ2) is 12.7. The minimum atomic E-state index is -4.62. The highest BCUT2D eigenvalue weighted by Crippen LogP contribution is 2.34. The van der Waals surface area contributed by atoms with E-state index in [4.69, 9.17) is 21.1 Å². The van der Waals surface area contributed by atoms with E-state index in [1.165, 1.54) is 6.20 Å². The average molecular weight is 593 g/mol. The fourth-order valence-electron chi connectivity index (χ4n) is 4.95. The Hall–Kier alpha value is -3.32. The largest absolute Gasteiger partial charge is 0.494 e. The third-order valence-corrected chi connectivity index (χ3v) is 7.50. The summed E-state index contributed by atoms with van der Waals surface area (Å²) in [5.74, 6) is 1.36. The first-order valence-corrected chi connectivity index (χ1v) is 13.7. The highest BCUT2D eigenvalue weighted by molar-refractivity contribution is 6.33.